The Morgan fingerprint density at radius 1 is 1.26 bits per heavy atom. The highest BCUT2D eigenvalue weighted by molar-refractivity contribution is 5.74. The molecule has 6 nitrogen and oxygen atoms in total. The van der Waals surface area contributed by atoms with Gasteiger partial charge in [-0.25, -0.2) is 4.98 Å². The Labute approximate surface area is 160 Å². The molecule has 6 heteroatoms. The Balaban J connectivity index is 1.60. The molecule has 0 aliphatic carbocycles. The minimum absolute atomic E-state index is 0.0360. The number of likely N-dealkylation sites (tertiary alicyclic amines) is 2. The van der Waals surface area contributed by atoms with Gasteiger partial charge in [-0.3, -0.25) is 9.69 Å². The Kier molecular flexibility index (Phi) is 5.02. The molecule has 0 unspecified atom stereocenters. The van der Waals surface area contributed by atoms with Crippen LogP contribution in [0.5, 0.6) is 0 Å². The van der Waals surface area contributed by atoms with E-state index in [1.165, 1.54) is 5.56 Å². The molecule has 27 heavy (non-hydrogen) atoms. The number of aryl methyl sites for hydroxylation is 1. The zero-order chi connectivity index (χ0) is 19.0. The van der Waals surface area contributed by atoms with Gasteiger partial charge in [0.25, 0.3) is 0 Å². The maximum Gasteiger partial charge on any atom is 0.219 e. The summed E-state index contributed by atoms with van der Waals surface area (Å²) in [6, 6.07) is 10.4. The first kappa shape index (κ1) is 18.2. The molecule has 2 aromatic rings. The second-order valence-corrected chi connectivity index (χ2v) is 7.95. The van der Waals surface area contributed by atoms with Crippen LogP contribution in [0.15, 0.2) is 42.9 Å². The molecule has 2 fully saturated rings. The second kappa shape index (κ2) is 7.44. The van der Waals surface area contributed by atoms with Crippen LogP contribution in [-0.4, -0.2) is 62.1 Å². The average Bonchev–Trinajstić information content (AvgIpc) is 3.19. The number of aliphatic hydroxyl groups excluding tert-OH is 1. The van der Waals surface area contributed by atoms with Gasteiger partial charge in [-0.15, -0.1) is 0 Å². The predicted molar refractivity (Wildman–Crippen MR) is 103 cm³/mol. The Morgan fingerprint density at radius 2 is 2.04 bits per heavy atom. The zero-order valence-electron chi connectivity index (χ0n) is 16.0. The number of carbonyl (C=O) groups excluding carboxylic acids is 1. The van der Waals surface area contributed by atoms with Gasteiger partial charge in [-0.05, 0) is 12.0 Å². The maximum absolute atomic E-state index is 12.4. The predicted octanol–water partition coefficient (Wildman–Crippen LogP) is 1.62. The molecule has 4 rings (SSSR count). The lowest BCUT2D eigenvalue weighted by molar-refractivity contribution is -0.130. The van der Waals surface area contributed by atoms with Crippen LogP contribution in [0.2, 0.25) is 0 Å². The average molecular weight is 368 g/mol. The number of fused-ring (bicyclic) bond motifs is 1. The van der Waals surface area contributed by atoms with E-state index in [1.54, 1.807) is 6.92 Å². The van der Waals surface area contributed by atoms with E-state index in [1.807, 2.05) is 47.2 Å². The first-order valence-corrected chi connectivity index (χ1v) is 9.72. The van der Waals surface area contributed by atoms with Gasteiger partial charge in [0.1, 0.15) is 0 Å². The topological polar surface area (TPSA) is 61.6 Å². The zero-order valence-corrected chi connectivity index (χ0v) is 16.0. The van der Waals surface area contributed by atoms with Crippen LogP contribution in [0.1, 0.15) is 30.5 Å². The number of hydrogen-bond acceptors (Lipinski definition) is 4. The quantitative estimate of drug-likeness (QED) is 0.894. The molecule has 2 aliphatic rings. The van der Waals surface area contributed by atoms with Gasteiger partial charge < -0.3 is 14.6 Å². The number of imidazole rings is 1. The molecule has 1 amide bonds. The van der Waals surface area contributed by atoms with Crippen molar-refractivity contribution < 1.29 is 9.90 Å². The van der Waals surface area contributed by atoms with Crippen molar-refractivity contribution >= 4 is 5.91 Å². The van der Waals surface area contributed by atoms with Gasteiger partial charge in [0.15, 0.2) is 0 Å². The fourth-order valence-corrected chi connectivity index (χ4v) is 4.86. The molecule has 0 radical (unpaired) electrons. The number of carbonyl (C=O) groups is 1. The molecule has 2 aliphatic heterocycles. The van der Waals surface area contributed by atoms with E-state index in [9.17, 15) is 9.90 Å². The molecule has 3 heterocycles. The molecule has 0 bridgehead atoms. The molecule has 1 aromatic heterocycles. The van der Waals surface area contributed by atoms with Crippen molar-refractivity contribution in [2.75, 3.05) is 19.6 Å². The van der Waals surface area contributed by atoms with Crippen LogP contribution >= 0.6 is 0 Å². The number of benzene rings is 1. The van der Waals surface area contributed by atoms with Crippen molar-refractivity contribution in [1.29, 1.82) is 0 Å². The molecule has 2 saturated heterocycles. The molecule has 1 aromatic carbocycles. The van der Waals surface area contributed by atoms with E-state index in [4.69, 9.17) is 0 Å². The third-order valence-corrected chi connectivity index (χ3v) is 6.11. The van der Waals surface area contributed by atoms with Gasteiger partial charge in [-0.2, -0.15) is 0 Å². The molecule has 144 valence electrons. The standard InChI is InChI=1S/C21H28N4O2/c1-15(26)25-12-18(16-6-4-3-5-7-16)21-19(25)13-24(9-8-20(21)27)11-17-10-23(2)14-22-17/h3-7,10,14,18-21,27H,8-9,11-13H2,1-2H3/t18-,19+,20+,21-/m0/s1. The van der Waals surface area contributed by atoms with Gasteiger partial charge in [-0.1, -0.05) is 30.3 Å². The van der Waals surface area contributed by atoms with Crippen LogP contribution in [0, 0.1) is 5.92 Å². The third-order valence-electron chi connectivity index (χ3n) is 6.11. The summed E-state index contributed by atoms with van der Waals surface area (Å²) >= 11 is 0. The van der Waals surface area contributed by atoms with Crippen LogP contribution in [0.4, 0.5) is 0 Å². The molecule has 0 saturated carbocycles. The summed E-state index contributed by atoms with van der Waals surface area (Å²) in [6.45, 7) is 4.67. The molecule has 0 spiro atoms. The number of nitrogens with zero attached hydrogens (tertiary/aromatic N) is 4. The second-order valence-electron chi connectivity index (χ2n) is 7.95. The smallest absolute Gasteiger partial charge is 0.219 e. The molecule has 4 atom stereocenters. The lowest BCUT2D eigenvalue weighted by Gasteiger charge is -2.30. The van der Waals surface area contributed by atoms with Gasteiger partial charge in [0.05, 0.1) is 24.2 Å². The van der Waals surface area contributed by atoms with E-state index in [2.05, 4.69) is 22.0 Å². The summed E-state index contributed by atoms with van der Waals surface area (Å²) in [7, 11) is 1.97. The summed E-state index contributed by atoms with van der Waals surface area (Å²) in [5.74, 6) is 0.352. The fraction of sp³-hybridized carbons (Fsp3) is 0.524. The van der Waals surface area contributed by atoms with E-state index in [0.717, 1.165) is 31.7 Å². The van der Waals surface area contributed by atoms with E-state index in [0.29, 0.717) is 6.54 Å². The normalized spacial score (nSPS) is 28.8. The third kappa shape index (κ3) is 3.64. The maximum atomic E-state index is 12.4. The number of aliphatic hydroxyl groups is 1. The van der Waals surface area contributed by atoms with Crippen molar-refractivity contribution in [3.05, 3.63) is 54.1 Å². The summed E-state index contributed by atoms with van der Waals surface area (Å²) in [5.41, 5.74) is 2.24. The molecular weight excluding hydrogens is 340 g/mol. The Morgan fingerprint density at radius 3 is 2.70 bits per heavy atom. The first-order chi connectivity index (χ1) is 13.0. The highest BCUT2D eigenvalue weighted by Gasteiger charge is 2.48. The van der Waals surface area contributed by atoms with Crippen molar-refractivity contribution in [3.8, 4) is 0 Å². The van der Waals surface area contributed by atoms with Gasteiger partial charge in [0.2, 0.25) is 5.91 Å². The van der Waals surface area contributed by atoms with Crippen molar-refractivity contribution in [2.24, 2.45) is 13.0 Å². The number of amides is 1. The van der Waals surface area contributed by atoms with Gasteiger partial charge >= 0.3 is 0 Å². The number of aromatic nitrogens is 2. The molecular formula is C21H28N4O2. The lowest BCUT2D eigenvalue weighted by Crippen LogP contribution is -2.44. The summed E-state index contributed by atoms with van der Waals surface area (Å²) in [6.07, 6.45) is 4.16. The lowest BCUT2D eigenvalue weighted by atomic mass is 9.81. The van der Waals surface area contributed by atoms with Crippen molar-refractivity contribution in [2.45, 2.75) is 38.0 Å². The van der Waals surface area contributed by atoms with E-state index < -0.39 is 6.10 Å². The van der Waals surface area contributed by atoms with Crippen molar-refractivity contribution in [3.63, 3.8) is 0 Å². The SMILES string of the molecule is CC(=O)N1C[C@@H](c2ccccc2)[C@@H]2[C@H](O)CCN(Cc3cn(C)cn3)C[C@H]21. The fourth-order valence-electron chi connectivity index (χ4n) is 4.86. The van der Waals surface area contributed by atoms with Crippen LogP contribution in [-0.2, 0) is 18.4 Å². The largest absolute Gasteiger partial charge is 0.393 e. The monoisotopic (exact) mass is 368 g/mol. The minimum Gasteiger partial charge on any atom is -0.393 e. The first-order valence-electron chi connectivity index (χ1n) is 9.72. The Bertz CT molecular complexity index is 790. The summed E-state index contributed by atoms with van der Waals surface area (Å²) in [5, 5.41) is 11.0. The Hall–Kier alpha value is -2.18. The van der Waals surface area contributed by atoms with Crippen LogP contribution in [0.3, 0.4) is 0 Å². The number of rotatable bonds is 3. The van der Waals surface area contributed by atoms with Crippen LogP contribution < -0.4 is 0 Å². The summed E-state index contributed by atoms with van der Waals surface area (Å²) in [4.78, 5) is 21.1. The van der Waals surface area contributed by atoms with E-state index >= 15 is 0 Å². The van der Waals surface area contributed by atoms with Gasteiger partial charge in [0, 0.05) is 58.2 Å². The van der Waals surface area contributed by atoms with Crippen molar-refractivity contribution in [1.82, 2.24) is 19.4 Å². The molecule has 1 N–H and O–H groups in total. The highest BCUT2D eigenvalue weighted by Crippen LogP contribution is 2.42. The minimum atomic E-state index is -0.404. The summed E-state index contributed by atoms with van der Waals surface area (Å²) < 4.78 is 1.95. The van der Waals surface area contributed by atoms with Crippen LogP contribution in [0.25, 0.3) is 0 Å². The van der Waals surface area contributed by atoms with E-state index in [-0.39, 0.29) is 23.8 Å². The highest BCUT2D eigenvalue weighted by atomic mass is 16.3. The number of hydrogen-bond donors (Lipinski definition) is 1.